The number of aliphatic hydroxyl groups excluding tert-OH is 2. The largest absolute Gasteiger partial charge is 0.472 e. The molecule has 103 heavy (non-hydrogen) atoms. The van der Waals surface area contributed by atoms with E-state index in [1.807, 2.05) is 0 Å². The van der Waals surface area contributed by atoms with Gasteiger partial charge in [-0.15, -0.1) is 0 Å². The van der Waals surface area contributed by atoms with Gasteiger partial charge in [-0.3, -0.25) is 32.5 Å². The molecule has 5 unspecified atom stereocenters. The summed E-state index contributed by atoms with van der Waals surface area (Å²) < 4.78 is 61.2. The van der Waals surface area contributed by atoms with Crippen LogP contribution < -0.4 is 0 Å². The molecule has 16 nitrogen and oxygen atoms in total. The van der Waals surface area contributed by atoms with Crippen molar-refractivity contribution in [3.8, 4) is 0 Å². The number of hydrogen-bond acceptors (Lipinski definition) is 14. The van der Waals surface area contributed by atoms with Crippen LogP contribution in [0, 0.1) is 0 Å². The number of aliphatic hydroxyl groups is 2. The lowest BCUT2D eigenvalue weighted by Gasteiger charge is -2.21. The van der Waals surface area contributed by atoms with E-state index >= 15 is 0 Å². The van der Waals surface area contributed by atoms with E-state index < -0.39 is 91.5 Å². The predicted molar refractivity (Wildman–Crippen MR) is 427 cm³/mol. The molecule has 0 spiro atoms. The molecule has 0 aliphatic carbocycles. The first-order chi connectivity index (χ1) is 50.2. The molecule has 0 aromatic carbocycles. The molecule has 0 amide bonds. The van der Waals surface area contributed by atoms with Crippen molar-refractivity contribution in [2.24, 2.45) is 0 Å². The Labute approximate surface area is 628 Å². The fourth-order valence-corrected chi connectivity index (χ4v) is 13.0. The van der Waals surface area contributed by atoms with Gasteiger partial charge in [-0.2, -0.15) is 0 Å². The van der Waals surface area contributed by atoms with Crippen LogP contribution in [0.5, 0.6) is 0 Å². The second kappa shape index (κ2) is 78.1. The number of allylic oxidation sites excluding steroid dienone is 16. The Hall–Kier alpha value is -3.53. The van der Waals surface area contributed by atoms with Crippen LogP contribution in [0.1, 0.15) is 367 Å². The number of phosphoric acid groups is 2. The number of rotatable bonds is 79. The molecule has 0 bridgehead atoms. The average Bonchev–Trinajstić information content (AvgIpc) is 0.914. The van der Waals surface area contributed by atoms with E-state index in [9.17, 15) is 43.5 Å². The number of hydrogen-bond donors (Lipinski definition) is 4. The minimum absolute atomic E-state index is 0.106. The quantitative estimate of drug-likeness (QED) is 0.0146. The van der Waals surface area contributed by atoms with Crippen molar-refractivity contribution in [3.63, 3.8) is 0 Å². The maximum Gasteiger partial charge on any atom is 0.472 e. The molecule has 0 aliphatic rings. The van der Waals surface area contributed by atoms with E-state index in [-0.39, 0.29) is 19.3 Å². The molecule has 0 radical (unpaired) electrons. The molecule has 0 saturated carbocycles. The Bertz CT molecular complexity index is 2260. The standard InChI is InChI=1S/C85H152O16P2/c1-4-7-10-13-16-19-22-25-27-29-31-33-35-36-37-38-39-40-41-42-44-46-47-49-51-54-56-59-62-65-68-71-83(88)95-74-80(86)75-97-102(91,92)98-76-81(87)77-99-103(93,94)100-79-82(101-85(90)73-70-67-64-61-58-53-24-21-18-15-12-9-6-3)78-96-84(89)72-69-66-63-60-57-55-52-50-48-45-43-34-32-30-28-26-23-20-17-14-11-8-5-2/h16-17,19-20,25-28,31-34,36-37,45,48,80-82,86-87H,4-15,18,21-24,29-30,35,38-44,46-47,49-79H2,1-3H3,(H,91,92)(H,93,94)/b19-16-,20-17-,27-25-,28-26-,33-31-,34-32-,37-36-,48-45-. The molecule has 598 valence electrons. The van der Waals surface area contributed by atoms with E-state index in [4.69, 9.17) is 32.3 Å². The average molecular weight is 1490 g/mol. The number of carbonyl (C=O) groups excluding carboxylic acids is 3. The highest BCUT2D eigenvalue weighted by Crippen LogP contribution is 2.45. The minimum Gasteiger partial charge on any atom is -0.463 e. The highest BCUT2D eigenvalue weighted by atomic mass is 31.2. The number of phosphoric ester groups is 2. The molecule has 4 N–H and O–H groups in total. The van der Waals surface area contributed by atoms with Crippen LogP contribution in [0.3, 0.4) is 0 Å². The van der Waals surface area contributed by atoms with Crippen LogP contribution in [0.4, 0.5) is 0 Å². The summed E-state index contributed by atoms with van der Waals surface area (Å²) in [4.78, 5) is 58.7. The molecule has 0 saturated heterocycles. The first-order valence-electron chi connectivity index (χ1n) is 41.5. The molecular weight excluding hydrogens is 1340 g/mol. The summed E-state index contributed by atoms with van der Waals surface area (Å²) in [7, 11) is -9.78. The third-order valence-corrected chi connectivity index (χ3v) is 19.7. The van der Waals surface area contributed by atoms with E-state index in [0.717, 1.165) is 128 Å². The molecule has 5 atom stereocenters. The zero-order chi connectivity index (χ0) is 75.2. The number of unbranched alkanes of at least 4 members (excludes halogenated alkanes) is 40. The van der Waals surface area contributed by atoms with E-state index in [1.54, 1.807) is 0 Å². The van der Waals surface area contributed by atoms with Gasteiger partial charge in [0.2, 0.25) is 0 Å². The molecule has 0 aromatic rings. The van der Waals surface area contributed by atoms with Crippen molar-refractivity contribution in [1.29, 1.82) is 0 Å². The van der Waals surface area contributed by atoms with Gasteiger partial charge in [0.15, 0.2) is 6.10 Å². The molecule has 0 fully saturated rings. The summed E-state index contributed by atoms with van der Waals surface area (Å²) in [5.74, 6) is -1.57. The van der Waals surface area contributed by atoms with Gasteiger partial charge in [-0.1, -0.05) is 336 Å². The van der Waals surface area contributed by atoms with Gasteiger partial charge in [0.05, 0.1) is 26.4 Å². The summed E-state index contributed by atoms with van der Waals surface area (Å²) in [5.41, 5.74) is 0. The third-order valence-electron chi connectivity index (χ3n) is 17.8. The zero-order valence-electron chi connectivity index (χ0n) is 65.5. The fourth-order valence-electron chi connectivity index (χ4n) is 11.4. The van der Waals surface area contributed by atoms with Crippen molar-refractivity contribution in [3.05, 3.63) is 97.2 Å². The maximum atomic E-state index is 13.0. The topological polar surface area (TPSA) is 231 Å². The van der Waals surface area contributed by atoms with Gasteiger partial charge >= 0.3 is 33.6 Å². The van der Waals surface area contributed by atoms with E-state index in [0.29, 0.717) is 19.3 Å². The SMILES string of the molecule is CCCCC/C=C\C/C=C\C/C=C\C/C=C\CCCCCCCCCCCCCCCCCC(=O)OCC(O)COP(=O)(O)OCC(O)COP(=O)(O)OCC(COC(=O)CCCCCCCCC/C=C\C/C=C\C/C=C\C/C=C\CCCCC)OC(=O)CCCCCCCCCCCCCCC. The normalized spacial score (nSPS) is 14.4. The second-order valence-corrected chi connectivity index (χ2v) is 30.8. The monoisotopic (exact) mass is 1490 g/mol. The van der Waals surface area contributed by atoms with Crippen LogP contribution in [-0.4, -0.2) is 95.9 Å². The van der Waals surface area contributed by atoms with E-state index in [1.165, 1.54) is 180 Å². The van der Waals surface area contributed by atoms with Gasteiger partial charge in [-0.25, -0.2) is 9.13 Å². The van der Waals surface area contributed by atoms with Crippen LogP contribution in [-0.2, 0) is 55.8 Å². The molecule has 0 heterocycles. The van der Waals surface area contributed by atoms with Crippen molar-refractivity contribution in [2.45, 2.75) is 386 Å². The van der Waals surface area contributed by atoms with Crippen molar-refractivity contribution < 1.29 is 75.8 Å². The van der Waals surface area contributed by atoms with Crippen LogP contribution in [0.15, 0.2) is 97.2 Å². The predicted octanol–water partition coefficient (Wildman–Crippen LogP) is 24.5. The van der Waals surface area contributed by atoms with Gasteiger partial charge in [0.1, 0.15) is 25.4 Å². The molecule has 0 aliphatic heterocycles. The molecular formula is C85H152O16P2. The lowest BCUT2D eigenvalue weighted by atomic mass is 10.0. The van der Waals surface area contributed by atoms with E-state index in [2.05, 4.69) is 118 Å². The number of esters is 3. The van der Waals surface area contributed by atoms with Crippen molar-refractivity contribution >= 4 is 33.6 Å². The van der Waals surface area contributed by atoms with Crippen molar-refractivity contribution in [1.82, 2.24) is 0 Å². The maximum absolute atomic E-state index is 13.0. The third kappa shape index (κ3) is 79.3. The summed E-state index contributed by atoms with van der Waals surface area (Å²) in [6.45, 7) is 2.66. The molecule has 0 rings (SSSR count). The van der Waals surface area contributed by atoms with Crippen LogP contribution in [0.25, 0.3) is 0 Å². The van der Waals surface area contributed by atoms with Gasteiger partial charge in [0, 0.05) is 19.3 Å². The summed E-state index contributed by atoms with van der Waals surface area (Å²) in [5, 5.41) is 20.6. The fraction of sp³-hybridized carbons (Fsp3) is 0.776. The minimum atomic E-state index is -4.93. The summed E-state index contributed by atoms with van der Waals surface area (Å²) in [6, 6.07) is 0. The van der Waals surface area contributed by atoms with Crippen LogP contribution in [0.2, 0.25) is 0 Å². The summed E-state index contributed by atoms with van der Waals surface area (Å²) >= 11 is 0. The zero-order valence-corrected chi connectivity index (χ0v) is 67.3. The van der Waals surface area contributed by atoms with Gasteiger partial charge < -0.3 is 34.2 Å². The highest BCUT2D eigenvalue weighted by molar-refractivity contribution is 7.47. The Balaban J connectivity index is 4.45. The smallest absolute Gasteiger partial charge is 0.463 e. The Morgan fingerprint density at radius 3 is 0.786 bits per heavy atom. The Kier molecular flexibility index (Phi) is 75.4. The lowest BCUT2D eigenvalue weighted by Crippen LogP contribution is -2.30. The van der Waals surface area contributed by atoms with Gasteiger partial charge in [0.25, 0.3) is 0 Å². The first kappa shape index (κ1) is 99.5. The summed E-state index contributed by atoms with van der Waals surface area (Å²) in [6.07, 6.45) is 90.3. The Morgan fingerprint density at radius 2 is 0.485 bits per heavy atom. The van der Waals surface area contributed by atoms with Crippen LogP contribution >= 0.6 is 15.6 Å². The number of carbonyl (C=O) groups is 3. The van der Waals surface area contributed by atoms with Crippen molar-refractivity contribution in [2.75, 3.05) is 39.6 Å². The molecule has 0 aromatic heterocycles. The first-order valence-corrected chi connectivity index (χ1v) is 44.5. The van der Waals surface area contributed by atoms with Gasteiger partial charge in [-0.05, 0) is 109 Å². The Morgan fingerprint density at radius 1 is 0.272 bits per heavy atom. The number of ether oxygens (including phenoxy) is 3. The highest BCUT2D eigenvalue weighted by Gasteiger charge is 2.29. The second-order valence-electron chi connectivity index (χ2n) is 27.9. The lowest BCUT2D eigenvalue weighted by molar-refractivity contribution is -0.161. The molecule has 18 heteroatoms.